The molecule has 0 aliphatic rings. The molecule has 0 bridgehead atoms. The van der Waals surface area contributed by atoms with Gasteiger partial charge in [-0.3, -0.25) is 4.79 Å². The fourth-order valence-electron chi connectivity index (χ4n) is 2.69. The number of carbonyl (C=O) groups is 1. The molecule has 3 aromatic heterocycles. The lowest BCUT2D eigenvalue weighted by Crippen LogP contribution is -2.04. The Hall–Kier alpha value is -3.67. The van der Waals surface area contributed by atoms with E-state index < -0.39 is 5.91 Å². The Morgan fingerprint density at radius 3 is 2.80 bits per heavy atom. The van der Waals surface area contributed by atoms with Crippen LogP contribution in [-0.4, -0.2) is 25.7 Å². The standard InChI is InChI=1S/C19H15N5O/c20-18(25)7-6-13-9-21-19-17(13)8-14(10-22-19)15-11-23-24(12-15)16-4-2-1-3-5-16/h1-12H,(H2,20,25)(H,21,22). The number of fused-ring (bicyclic) bond motifs is 1. The summed E-state index contributed by atoms with van der Waals surface area (Å²) in [6.07, 6.45) is 10.4. The first-order valence-electron chi connectivity index (χ1n) is 7.76. The minimum Gasteiger partial charge on any atom is -0.366 e. The summed E-state index contributed by atoms with van der Waals surface area (Å²) in [6, 6.07) is 11.9. The molecule has 122 valence electrons. The van der Waals surface area contributed by atoms with E-state index in [1.807, 2.05) is 47.3 Å². The van der Waals surface area contributed by atoms with Crippen LogP contribution in [0.15, 0.2) is 67.3 Å². The molecule has 4 aromatic rings. The van der Waals surface area contributed by atoms with E-state index in [1.54, 1.807) is 24.7 Å². The smallest absolute Gasteiger partial charge is 0.241 e. The van der Waals surface area contributed by atoms with Crippen LogP contribution in [0.3, 0.4) is 0 Å². The van der Waals surface area contributed by atoms with E-state index in [-0.39, 0.29) is 0 Å². The van der Waals surface area contributed by atoms with E-state index in [0.29, 0.717) is 0 Å². The van der Waals surface area contributed by atoms with Crippen molar-refractivity contribution in [1.29, 1.82) is 0 Å². The lowest BCUT2D eigenvalue weighted by molar-refractivity contribution is -0.113. The molecule has 0 atom stereocenters. The second-order valence-electron chi connectivity index (χ2n) is 5.61. The van der Waals surface area contributed by atoms with Crippen LogP contribution in [-0.2, 0) is 4.79 Å². The molecule has 3 N–H and O–H groups in total. The monoisotopic (exact) mass is 329 g/mol. The van der Waals surface area contributed by atoms with Gasteiger partial charge in [0.05, 0.1) is 11.9 Å². The van der Waals surface area contributed by atoms with Crippen molar-refractivity contribution in [3.05, 3.63) is 72.8 Å². The van der Waals surface area contributed by atoms with E-state index in [1.165, 1.54) is 6.08 Å². The summed E-state index contributed by atoms with van der Waals surface area (Å²) in [5.41, 5.74) is 9.69. The quantitative estimate of drug-likeness (QED) is 0.564. The van der Waals surface area contributed by atoms with Crippen molar-refractivity contribution < 1.29 is 4.79 Å². The lowest BCUT2D eigenvalue weighted by atomic mass is 10.1. The van der Waals surface area contributed by atoms with Crippen LogP contribution in [0.25, 0.3) is 33.9 Å². The Kier molecular flexibility index (Phi) is 3.63. The van der Waals surface area contributed by atoms with Crippen LogP contribution in [0.4, 0.5) is 0 Å². The molecule has 0 radical (unpaired) electrons. The molecule has 6 heteroatoms. The number of nitrogens with one attached hydrogen (secondary N) is 1. The van der Waals surface area contributed by atoms with E-state index in [2.05, 4.69) is 15.1 Å². The highest BCUT2D eigenvalue weighted by Gasteiger charge is 2.08. The molecule has 3 heterocycles. The summed E-state index contributed by atoms with van der Waals surface area (Å²) in [5.74, 6) is -0.484. The second-order valence-corrected chi connectivity index (χ2v) is 5.61. The number of primary amides is 1. The van der Waals surface area contributed by atoms with Crippen molar-refractivity contribution in [3.63, 3.8) is 0 Å². The van der Waals surface area contributed by atoms with Gasteiger partial charge in [0.25, 0.3) is 0 Å². The summed E-state index contributed by atoms with van der Waals surface area (Å²) in [5, 5.41) is 5.34. The maximum Gasteiger partial charge on any atom is 0.241 e. The second kappa shape index (κ2) is 6.09. The first kappa shape index (κ1) is 14.9. The van der Waals surface area contributed by atoms with Gasteiger partial charge in [-0.05, 0) is 24.3 Å². The molecule has 0 aliphatic carbocycles. The summed E-state index contributed by atoms with van der Waals surface area (Å²) >= 11 is 0. The van der Waals surface area contributed by atoms with Crippen molar-refractivity contribution >= 4 is 23.0 Å². The predicted molar refractivity (Wildman–Crippen MR) is 96.9 cm³/mol. The number of benzene rings is 1. The van der Waals surface area contributed by atoms with Gasteiger partial charge in [-0.2, -0.15) is 5.10 Å². The maximum atomic E-state index is 11.0. The first-order valence-corrected chi connectivity index (χ1v) is 7.76. The highest BCUT2D eigenvalue weighted by Crippen LogP contribution is 2.25. The van der Waals surface area contributed by atoms with Crippen molar-refractivity contribution in [2.75, 3.05) is 0 Å². The number of carbonyl (C=O) groups excluding carboxylic acids is 1. The van der Waals surface area contributed by atoms with Gasteiger partial charge in [0.2, 0.25) is 5.91 Å². The lowest BCUT2D eigenvalue weighted by Gasteiger charge is -2.00. The number of hydrogen-bond donors (Lipinski definition) is 2. The Labute approximate surface area is 143 Å². The normalized spacial score (nSPS) is 11.4. The van der Waals surface area contributed by atoms with Gasteiger partial charge in [-0.1, -0.05) is 18.2 Å². The van der Waals surface area contributed by atoms with Gasteiger partial charge in [0.1, 0.15) is 5.65 Å². The summed E-state index contributed by atoms with van der Waals surface area (Å²) in [6.45, 7) is 0. The molecule has 25 heavy (non-hydrogen) atoms. The van der Waals surface area contributed by atoms with E-state index in [4.69, 9.17) is 5.73 Å². The number of hydrogen-bond acceptors (Lipinski definition) is 3. The van der Waals surface area contributed by atoms with Gasteiger partial charge in [-0.25, -0.2) is 9.67 Å². The molecule has 0 aliphatic heterocycles. The SMILES string of the molecule is NC(=O)C=Cc1c[nH]c2ncc(-c3cnn(-c4ccccc4)c3)cc12. The fourth-order valence-corrected chi connectivity index (χ4v) is 2.69. The van der Waals surface area contributed by atoms with Crippen LogP contribution >= 0.6 is 0 Å². The Bertz CT molecular complexity index is 1080. The maximum absolute atomic E-state index is 11.0. The van der Waals surface area contributed by atoms with Crippen LogP contribution in [0.5, 0.6) is 0 Å². The van der Waals surface area contributed by atoms with Crippen molar-refractivity contribution in [2.24, 2.45) is 5.73 Å². The fraction of sp³-hybridized carbons (Fsp3) is 0. The topological polar surface area (TPSA) is 89.6 Å². The molecular formula is C19H15N5O. The third kappa shape index (κ3) is 2.92. The van der Waals surface area contributed by atoms with Crippen molar-refractivity contribution in [1.82, 2.24) is 19.7 Å². The van der Waals surface area contributed by atoms with Gasteiger partial charge in [0, 0.05) is 46.7 Å². The van der Waals surface area contributed by atoms with Crippen LogP contribution < -0.4 is 5.73 Å². The van der Waals surface area contributed by atoms with Gasteiger partial charge in [0.15, 0.2) is 0 Å². The zero-order chi connectivity index (χ0) is 17.2. The summed E-state index contributed by atoms with van der Waals surface area (Å²) in [4.78, 5) is 18.5. The number of rotatable bonds is 4. The average molecular weight is 329 g/mol. The zero-order valence-electron chi connectivity index (χ0n) is 13.3. The van der Waals surface area contributed by atoms with Crippen molar-refractivity contribution in [3.8, 4) is 16.8 Å². The molecule has 1 amide bonds. The highest BCUT2D eigenvalue weighted by atomic mass is 16.1. The van der Waals surface area contributed by atoms with Gasteiger partial charge < -0.3 is 10.7 Å². The summed E-state index contributed by atoms with van der Waals surface area (Å²) in [7, 11) is 0. The molecule has 4 rings (SSSR count). The number of H-pyrrole nitrogens is 1. The number of aromatic amines is 1. The van der Waals surface area contributed by atoms with E-state index in [9.17, 15) is 4.79 Å². The van der Waals surface area contributed by atoms with Gasteiger partial charge >= 0.3 is 0 Å². The van der Waals surface area contributed by atoms with E-state index in [0.717, 1.165) is 33.4 Å². The number of amides is 1. The molecule has 0 fully saturated rings. The third-order valence-corrected chi connectivity index (χ3v) is 3.93. The number of aromatic nitrogens is 4. The Balaban J connectivity index is 1.73. The van der Waals surface area contributed by atoms with Crippen molar-refractivity contribution in [2.45, 2.75) is 0 Å². The molecule has 0 saturated carbocycles. The zero-order valence-corrected chi connectivity index (χ0v) is 13.3. The average Bonchev–Trinajstić information content (AvgIpc) is 3.27. The largest absolute Gasteiger partial charge is 0.366 e. The van der Waals surface area contributed by atoms with Gasteiger partial charge in [-0.15, -0.1) is 0 Å². The third-order valence-electron chi connectivity index (χ3n) is 3.93. The number of nitrogens with two attached hydrogens (primary N) is 1. The van der Waals surface area contributed by atoms with Crippen LogP contribution in [0.2, 0.25) is 0 Å². The molecule has 1 aromatic carbocycles. The van der Waals surface area contributed by atoms with Crippen LogP contribution in [0, 0.1) is 0 Å². The summed E-state index contributed by atoms with van der Waals surface area (Å²) < 4.78 is 1.82. The minimum atomic E-state index is -0.484. The molecule has 6 nitrogen and oxygen atoms in total. The first-order chi connectivity index (χ1) is 12.2. The molecule has 0 saturated heterocycles. The van der Waals surface area contributed by atoms with E-state index >= 15 is 0 Å². The number of nitrogens with zero attached hydrogens (tertiary/aromatic N) is 3. The number of para-hydroxylation sites is 1. The number of pyridine rings is 1. The Morgan fingerprint density at radius 1 is 1.16 bits per heavy atom. The predicted octanol–water partition coefficient (Wildman–Crippen LogP) is 2.91. The Morgan fingerprint density at radius 2 is 2.00 bits per heavy atom. The molecule has 0 unspecified atom stereocenters. The molecule has 0 spiro atoms. The highest BCUT2D eigenvalue weighted by molar-refractivity contribution is 5.95. The molecular weight excluding hydrogens is 314 g/mol. The minimum absolute atomic E-state index is 0.484. The van der Waals surface area contributed by atoms with Crippen LogP contribution in [0.1, 0.15) is 5.56 Å².